The van der Waals surface area contributed by atoms with Crippen molar-refractivity contribution < 1.29 is 4.79 Å². The minimum absolute atomic E-state index is 0.0676. The van der Waals surface area contributed by atoms with Gasteiger partial charge in [-0.15, -0.1) is 0 Å². The molecule has 3 nitrogen and oxygen atoms in total. The Morgan fingerprint density at radius 3 is 2.59 bits per heavy atom. The van der Waals surface area contributed by atoms with E-state index in [-0.39, 0.29) is 22.7 Å². The first-order chi connectivity index (χ1) is 10.4. The van der Waals surface area contributed by atoms with Crippen LogP contribution >= 0.6 is 12.2 Å². The number of hydrazone groups is 1. The van der Waals surface area contributed by atoms with Gasteiger partial charge in [0, 0.05) is 11.0 Å². The minimum Gasteiger partial charge on any atom is -0.267 e. The van der Waals surface area contributed by atoms with Crippen LogP contribution in [0.25, 0.3) is 0 Å². The highest BCUT2D eigenvalue weighted by Crippen LogP contribution is 2.67. The third kappa shape index (κ3) is 1.49. The van der Waals surface area contributed by atoms with Crippen molar-refractivity contribution in [1.29, 1.82) is 0 Å². The summed E-state index contributed by atoms with van der Waals surface area (Å²) >= 11 is 5.66. The smallest absolute Gasteiger partial charge is 0.267 e. The molecule has 1 heterocycles. The van der Waals surface area contributed by atoms with Crippen molar-refractivity contribution in [2.75, 3.05) is 0 Å². The van der Waals surface area contributed by atoms with Crippen molar-refractivity contribution in [3.63, 3.8) is 0 Å². The van der Waals surface area contributed by atoms with Gasteiger partial charge in [0.2, 0.25) is 0 Å². The summed E-state index contributed by atoms with van der Waals surface area (Å²) in [4.78, 5) is 13.4. The third-order valence-electron chi connectivity index (χ3n) is 6.46. The summed E-state index contributed by atoms with van der Waals surface area (Å²) in [5.74, 6) is 0.585. The minimum atomic E-state index is -0.103. The molecule has 1 amide bonds. The second-order valence-corrected chi connectivity index (χ2v) is 7.90. The SMILES string of the molecule is CC12CCC(C3C(=S)N(C(=O)c4ccccc4)N=C31)C2(C)C. The molecule has 2 aliphatic carbocycles. The number of hydrogen-bond acceptors (Lipinski definition) is 3. The van der Waals surface area contributed by atoms with Crippen LogP contribution in [-0.4, -0.2) is 21.6 Å². The van der Waals surface area contributed by atoms with Gasteiger partial charge in [-0.05, 0) is 36.3 Å². The molecule has 3 atom stereocenters. The second-order valence-electron chi connectivity index (χ2n) is 7.48. The van der Waals surface area contributed by atoms with E-state index in [1.165, 1.54) is 11.4 Å². The molecule has 0 spiro atoms. The number of thiocarbonyl (C=S) groups is 1. The zero-order valence-corrected chi connectivity index (χ0v) is 14.0. The largest absolute Gasteiger partial charge is 0.279 e. The molecule has 2 bridgehead atoms. The van der Waals surface area contributed by atoms with Crippen LogP contribution < -0.4 is 0 Å². The first-order valence-electron chi connectivity index (χ1n) is 7.90. The maximum atomic E-state index is 12.7. The first kappa shape index (κ1) is 14.1. The van der Waals surface area contributed by atoms with Crippen LogP contribution in [-0.2, 0) is 0 Å². The van der Waals surface area contributed by atoms with Gasteiger partial charge in [-0.3, -0.25) is 4.79 Å². The normalized spacial score (nSPS) is 34.8. The van der Waals surface area contributed by atoms with Gasteiger partial charge in [0.25, 0.3) is 5.91 Å². The molecule has 0 radical (unpaired) electrons. The third-order valence-corrected chi connectivity index (χ3v) is 6.89. The first-order valence-corrected chi connectivity index (χ1v) is 8.31. The van der Waals surface area contributed by atoms with Crippen LogP contribution in [0, 0.1) is 22.7 Å². The lowest BCUT2D eigenvalue weighted by atomic mass is 9.70. The summed E-state index contributed by atoms with van der Waals surface area (Å²) in [6.07, 6.45) is 2.33. The lowest BCUT2D eigenvalue weighted by molar-refractivity contribution is 0.0847. The summed E-state index contributed by atoms with van der Waals surface area (Å²) in [7, 11) is 0. The number of benzene rings is 1. The average molecular weight is 312 g/mol. The number of fused-ring (bicyclic) bond motifs is 5. The van der Waals surface area contributed by atoms with Crippen LogP contribution in [0.1, 0.15) is 44.0 Å². The topological polar surface area (TPSA) is 32.7 Å². The van der Waals surface area contributed by atoms with Crippen LogP contribution in [0.5, 0.6) is 0 Å². The van der Waals surface area contributed by atoms with Gasteiger partial charge >= 0.3 is 0 Å². The van der Waals surface area contributed by atoms with Crippen LogP contribution in [0.3, 0.4) is 0 Å². The molecule has 2 saturated carbocycles. The fourth-order valence-corrected chi connectivity index (χ4v) is 5.11. The molecule has 4 heteroatoms. The lowest BCUT2D eigenvalue weighted by Gasteiger charge is -2.34. The number of rotatable bonds is 1. The van der Waals surface area contributed by atoms with Gasteiger partial charge in [-0.25, -0.2) is 0 Å². The molecular weight excluding hydrogens is 292 g/mol. The summed E-state index contributed by atoms with van der Waals surface area (Å²) < 4.78 is 0. The summed E-state index contributed by atoms with van der Waals surface area (Å²) in [6, 6.07) is 9.28. The molecule has 0 saturated heterocycles. The molecule has 0 aromatic heterocycles. The quantitative estimate of drug-likeness (QED) is 0.737. The number of amides is 1. The van der Waals surface area contributed by atoms with E-state index in [1.54, 1.807) is 0 Å². The number of nitrogens with zero attached hydrogens (tertiary/aromatic N) is 2. The Morgan fingerprint density at radius 2 is 1.95 bits per heavy atom. The Kier molecular flexibility index (Phi) is 2.72. The van der Waals surface area contributed by atoms with E-state index in [0.717, 1.165) is 12.1 Å². The maximum absolute atomic E-state index is 12.7. The Hall–Kier alpha value is -1.55. The monoisotopic (exact) mass is 312 g/mol. The van der Waals surface area contributed by atoms with Crippen molar-refractivity contribution in [1.82, 2.24) is 5.01 Å². The lowest BCUT2D eigenvalue weighted by Crippen LogP contribution is -2.34. The van der Waals surface area contributed by atoms with E-state index in [9.17, 15) is 4.79 Å². The standard InChI is InChI=1S/C18H20N2OS/c1-17(2)12-9-10-18(17,3)14-13(12)16(22)20(19-14)15(21)11-7-5-4-6-8-11/h4-8,12-13H,9-10H2,1-3H3. The van der Waals surface area contributed by atoms with Crippen LogP contribution in [0.15, 0.2) is 35.4 Å². The predicted molar refractivity (Wildman–Crippen MR) is 90.7 cm³/mol. The molecule has 0 N–H and O–H groups in total. The van der Waals surface area contributed by atoms with E-state index >= 15 is 0 Å². The van der Waals surface area contributed by atoms with Crippen molar-refractivity contribution in [2.24, 2.45) is 27.8 Å². The van der Waals surface area contributed by atoms with Crippen molar-refractivity contribution in [2.45, 2.75) is 33.6 Å². The van der Waals surface area contributed by atoms with E-state index in [1.807, 2.05) is 30.3 Å². The molecule has 22 heavy (non-hydrogen) atoms. The van der Waals surface area contributed by atoms with Crippen LogP contribution in [0.2, 0.25) is 0 Å². The Bertz CT molecular complexity index is 709. The van der Waals surface area contributed by atoms with Gasteiger partial charge in [0.1, 0.15) is 4.99 Å². The number of carbonyl (C=O) groups excluding carboxylic acids is 1. The highest BCUT2D eigenvalue weighted by Gasteiger charge is 2.68. The average Bonchev–Trinajstić information content (AvgIpc) is 3.02. The Morgan fingerprint density at radius 1 is 1.27 bits per heavy atom. The zero-order chi connectivity index (χ0) is 15.7. The summed E-state index contributed by atoms with van der Waals surface area (Å²) in [6.45, 7) is 6.96. The van der Waals surface area contributed by atoms with Gasteiger partial charge in [-0.1, -0.05) is 51.2 Å². The van der Waals surface area contributed by atoms with Gasteiger partial charge < -0.3 is 0 Å². The van der Waals surface area contributed by atoms with E-state index in [4.69, 9.17) is 17.3 Å². The fourth-order valence-electron chi connectivity index (χ4n) is 4.71. The molecule has 1 aromatic carbocycles. The Labute approximate surface area is 136 Å². The summed E-state index contributed by atoms with van der Waals surface area (Å²) in [5, 5.41) is 6.20. The maximum Gasteiger partial charge on any atom is 0.279 e. The highest BCUT2D eigenvalue weighted by atomic mass is 32.1. The van der Waals surface area contributed by atoms with Crippen LogP contribution in [0.4, 0.5) is 0 Å². The van der Waals surface area contributed by atoms with E-state index in [0.29, 0.717) is 16.5 Å². The zero-order valence-electron chi connectivity index (χ0n) is 13.2. The molecule has 3 aliphatic rings. The molecule has 114 valence electrons. The molecular formula is C18H20N2OS. The van der Waals surface area contributed by atoms with Gasteiger partial charge in [0.05, 0.1) is 11.6 Å². The molecule has 1 aromatic rings. The van der Waals surface area contributed by atoms with Gasteiger partial charge in [0.15, 0.2) is 0 Å². The fraction of sp³-hybridized carbons (Fsp3) is 0.500. The predicted octanol–water partition coefficient (Wildman–Crippen LogP) is 3.90. The van der Waals surface area contributed by atoms with Crippen molar-refractivity contribution in [3.8, 4) is 0 Å². The molecule has 3 unspecified atom stereocenters. The van der Waals surface area contributed by atoms with E-state index < -0.39 is 0 Å². The number of carbonyl (C=O) groups is 1. The second kappa shape index (κ2) is 4.25. The van der Waals surface area contributed by atoms with Crippen molar-refractivity contribution in [3.05, 3.63) is 35.9 Å². The van der Waals surface area contributed by atoms with Crippen molar-refractivity contribution >= 4 is 28.8 Å². The summed E-state index contributed by atoms with van der Waals surface area (Å²) in [5.41, 5.74) is 2.06. The van der Waals surface area contributed by atoms with Gasteiger partial charge in [-0.2, -0.15) is 10.1 Å². The Balaban J connectivity index is 1.75. The molecule has 4 rings (SSSR count). The highest BCUT2D eigenvalue weighted by molar-refractivity contribution is 7.80. The molecule has 2 fully saturated rings. The van der Waals surface area contributed by atoms with E-state index in [2.05, 4.69) is 20.8 Å². The molecule has 1 aliphatic heterocycles. The number of hydrogen-bond donors (Lipinski definition) is 0.